The number of esters is 1. The van der Waals surface area contributed by atoms with E-state index in [0.717, 1.165) is 17.7 Å². The molecule has 2 aromatic rings. The maximum atomic E-state index is 12.2. The number of methoxy groups -OCH3 is 1. The van der Waals surface area contributed by atoms with Gasteiger partial charge >= 0.3 is 5.97 Å². The van der Waals surface area contributed by atoms with Gasteiger partial charge in [-0.2, -0.15) is 5.26 Å². The number of rotatable bonds is 4. The van der Waals surface area contributed by atoms with Crippen LogP contribution in [-0.4, -0.2) is 36.2 Å². The molecule has 1 aliphatic heterocycles. The molecular formula is C20H20N2O3. The van der Waals surface area contributed by atoms with E-state index in [1.807, 2.05) is 24.3 Å². The maximum absolute atomic E-state index is 12.2. The summed E-state index contributed by atoms with van der Waals surface area (Å²) in [4.78, 5) is 14.4. The van der Waals surface area contributed by atoms with Crippen LogP contribution in [0.1, 0.15) is 22.6 Å². The molecule has 2 atom stereocenters. The molecular weight excluding hydrogens is 316 g/mol. The van der Waals surface area contributed by atoms with Gasteiger partial charge in [-0.1, -0.05) is 24.3 Å². The molecule has 3 rings (SSSR count). The van der Waals surface area contributed by atoms with Gasteiger partial charge in [0.2, 0.25) is 0 Å². The molecule has 0 unspecified atom stereocenters. The highest BCUT2D eigenvalue weighted by atomic mass is 16.5. The Labute approximate surface area is 147 Å². The molecule has 0 aromatic heterocycles. The van der Waals surface area contributed by atoms with E-state index >= 15 is 0 Å². The zero-order valence-electron chi connectivity index (χ0n) is 14.1. The summed E-state index contributed by atoms with van der Waals surface area (Å²) >= 11 is 0. The van der Waals surface area contributed by atoms with E-state index in [4.69, 9.17) is 10.00 Å². The van der Waals surface area contributed by atoms with Crippen molar-refractivity contribution in [3.8, 4) is 11.8 Å². The first-order valence-electron chi connectivity index (χ1n) is 8.19. The van der Waals surface area contributed by atoms with Crippen LogP contribution in [0.3, 0.4) is 0 Å². The van der Waals surface area contributed by atoms with Crippen LogP contribution in [0.5, 0.6) is 5.75 Å². The van der Waals surface area contributed by atoms with Gasteiger partial charge in [0.15, 0.2) is 0 Å². The van der Waals surface area contributed by atoms with Crippen LogP contribution in [0, 0.1) is 17.2 Å². The van der Waals surface area contributed by atoms with Crippen molar-refractivity contribution in [2.75, 3.05) is 20.2 Å². The lowest BCUT2D eigenvalue weighted by Gasteiger charge is -2.17. The van der Waals surface area contributed by atoms with Crippen LogP contribution in [0.15, 0.2) is 48.5 Å². The zero-order chi connectivity index (χ0) is 17.8. The minimum absolute atomic E-state index is 0.0337. The lowest BCUT2D eigenvalue weighted by atomic mass is 9.89. The lowest BCUT2D eigenvalue weighted by Crippen LogP contribution is -2.24. The predicted molar refractivity (Wildman–Crippen MR) is 92.8 cm³/mol. The van der Waals surface area contributed by atoms with E-state index in [0.29, 0.717) is 18.7 Å². The zero-order valence-corrected chi connectivity index (χ0v) is 14.1. The first kappa shape index (κ1) is 17.0. The van der Waals surface area contributed by atoms with Crippen LogP contribution < -0.4 is 0 Å². The van der Waals surface area contributed by atoms with Crippen molar-refractivity contribution in [2.45, 2.75) is 12.5 Å². The third-order valence-electron chi connectivity index (χ3n) is 4.71. The van der Waals surface area contributed by atoms with Gasteiger partial charge in [0.1, 0.15) is 5.75 Å². The molecule has 0 aliphatic carbocycles. The number of phenolic OH excluding ortho intramolecular Hbond substituents is 1. The number of hydrogen-bond acceptors (Lipinski definition) is 5. The molecule has 5 nitrogen and oxygen atoms in total. The molecule has 128 valence electrons. The minimum Gasteiger partial charge on any atom is -0.508 e. The fourth-order valence-corrected chi connectivity index (χ4v) is 3.41. The summed E-state index contributed by atoms with van der Waals surface area (Å²) in [5, 5.41) is 18.4. The molecule has 0 bridgehead atoms. The monoisotopic (exact) mass is 336 g/mol. The first-order valence-corrected chi connectivity index (χ1v) is 8.19. The maximum Gasteiger partial charge on any atom is 0.310 e. The molecule has 0 saturated carbocycles. The van der Waals surface area contributed by atoms with Crippen LogP contribution in [-0.2, 0) is 16.1 Å². The van der Waals surface area contributed by atoms with Crippen molar-refractivity contribution in [3.63, 3.8) is 0 Å². The number of ether oxygens (including phenoxy) is 1. The lowest BCUT2D eigenvalue weighted by molar-refractivity contribution is -0.145. The molecule has 25 heavy (non-hydrogen) atoms. The van der Waals surface area contributed by atoms with Crippen molar-refractivity contribution in [3.05, 3.63) is 65.2 Å². The molecule has 1 aliphatic rings. The molecule has 0 spiro atoms. The Balaban J connectivity index is 1.77. The third kappa shape index (κ3) is 3.81. The summed E-state index contributed by atoms with van der Waals surface area (Å²) in [6, 6.07) is 16.6. The summed E-state index contributed by atoms with van der Waals surface area (Å²) in [7, 11) is 1.42. The SMILES string of the molecule is COC(=O)[C@@H]1CN(Cc2ccc(C#N)cc2)C[C@H]1c1ccc(O)cc1. The highest BCUT2D eigenvalue weighted by molar-refractivity contribution is 5.74. The smallest absolute Gasteiger partial charge is 0.310 e. The van der Waals surface area contributed by atoms with Crippen LogP contribution >= 0.6 is 0 Å². The molecule has 1 fully saturated rings. The fourth-order valence-electron chi connectivity index (χ4n) is 3.41. The van der Waals surface area contributed by atoms with Gasteiger partial charge in [0.25, 0.3) is 0 Å². The Morgan fingerprint density at radius 1 is 1.20 bits per heavy atom. The topological polar surface area (TPSA) is 73.6 Å². The van der Waals surface area contributed by atoms with E-state index in [-0.39, 0.29) is 23.6 Å². The third-order valence-corrected chi connectivity index (χ3v) is 4.71. The second-order valence-corrected chi connectivity index (χ2v) is 6.33. The quantitative estimate of drug-likeness (QED) is 0.869. The molecule has 1 heterocycles. The van der Waals surface area contributed by atoms with Crippen molar-refractivity contribution in [1.82, 2.24) is 4.90 Å². The van der Waals surface area contributed by atoms with Crippen LogP contribution in [0.2, 0.25) is 0 Å². The van der Waals surface area contributed by atoms with Gasteiger partial charge in [0, 0.05) is 25.6 Å². The van der Waals surface area contributed by atoms with Crippen LogP contribution in [0.4, 0.5) is 0 Å². The second-order valence-electron chi connectivity index (χ2n) is 6.33. The second kappa shape index (κ2) is 7.37. The number of aromatic hydroxyl groups is 1. The van der Waals surface area contributed by atoms with Crippen LogP contribution in [0.25, 0.3) is 0 Å². The number of hydrogen-bond donors (Lipinski definition) is 1. The van der Waals surface area contributed by atoms with Gasteiger partial charge in [-0.05, 0) is 35.4 Å². The largest absolute Gasteiger partial charge is 0.508 e. The molecule has 2 aromatic carbocycles. The predicted octanol–water partition coefficient (Wildman–Crippen LogP) is 2.65. The van der Waals surface area contributed by atoms with E-state index in [1.54, 1.807) is 24.3 Å². The molecule has 0 radical (unpaired) electrons. The number of benzene rings is 2. The van der Waals surface area contributed by atoms with Crippen molar-refractivity contribution < 1.29 is 14.6 Å². The Morgan fingerprint density at radius 3 is 2.48 bits per heavy atom. The van der Waals surface area contributed by atoms with E-state index in [9.17, 15) is 9.90 Å². The summed E-state index contributed by atoms with van der Waals surface area (Å²) in [5.41, 5.74) is 2.77. The first-order chi connectivity index (χ1) is 12.1. The average molecular weight is 336 g/mol. The standard InChI is InChI=1S/C20H20N2O3/c1-25-20(24)19-13-22(11-15-4-2-14(10-21)3-5-15)12-18(19)16-6-8-17(23)9-7-16/h2-9,18-19,23H,11-13H2,1H3/t18-,19+/m0/s1. The molecule has 1 saturated heterocycles. The fraction of sp³-hybridized carbons (Fsp3) is 0.300. The van der Waals surface area contributed by atoms with E-state index in [1.165, 1.54) is 7.11 Å². The number of carbonyl (C=O) groups excluding carboxylic acids is 1. The Bertz CT molecular complexity index is 778. The number of phenols is 1. The van der Waals surface area contributed by atoms with Gasteiger partial charge in [-0.3, -0.25) is 9.69 Å². The Morgan fingerprint density at radius 2 is 1.88 bits per heavy atom. The average Bonchev–Trinajstić information content (AvgIpc) is 3.06. The molecule has 5 heteroatoms. The summed E-state index contributed by atoms with van der Waals surface area (Å²) in [6.45, 7) is 2.08. The summed E-state index contributed by atoms with van der Waals surface area (Å²) < 4.78 is 4.99. The number of likely N-dealkylation sites (tertiary alicyclic amines) is 1. The van der Waals surface area contributed by atoms with E-state index < -0.39 is 0 Å². The number of nitrogens with zero attached hydrogens (tertiary/aromatic N) is 2. The highest BCUT2D eigenvalue weighted by Crippen LogP contribution is 2.35. The van der Waals surface area contributed by atoms with Gasteiger partial charge in [0.05, 0.1) is 24.7 Å². The van der Waals surface area contributed by atoms with Crippen molar-refractivity contribution >= 4 is 5.97 Å². The van der Waals surface area contributed by atoms with Gasteiger partial charge in [-0.25, -0.2) is 0 Å². The highest BCUT2D eigenvalue weighted by Gasteiger charge is 2.39. The van der Waals surface area contributed by atoms with Crippen molar-refractivity contribution in [1.29, 1.82) is 5.26 Å². The Kier molecular flexibility index (Phi) is 5.01. The summed E-state index contributed by atoms with van der Waals surface area (Å²) in [5.74, 6) is -0.189. The molecule has 1 N–H and O–H groups in total. The van der Waals surface area contributed by atoms with E-state index in [2.05, 4.69) is 11.0 Å². The Hall–Kier alpha value is -2.84. The van der Waals surface area contributed by atoms with Gasteiger partial charge < -0.3 is 9.84 Å². The molecule has 0 amide bonds. The summed E-state index contributed by atoms with van der Waals surface area (Å²) in [6.07, 6.45) is 0. The normalized spacial score (nSPS) is 20.2. The number of carbonyl (C=O) groups is 1. The van der Waals surface area contributed by atoms with Gasteiger partial charge in [-0.15, -0.1) is 0 Å². The number of nitriles is 1. The minimum atomic E-state index is -0.229. The van der Waals surface area contributed by atoms with Crippen molar-refractivity contribution in [2.24, 2.45) is 5.92 Å².